The summed E-state index contributed by atoms with van der Waals surface area (Å²) in [5.74, 6) is 0.341. The van der Waals surface area contributed by atoms with Gasteiger partial charge in [0.2, 0.25) is 5.95 Å². The van der Waals surface area contributed by atoms with Gasteiger partial charge in [0.15, 0.2) is 11.2 Å². The summed E-state index contributed by atoms with van der Waals surface area (Å²) in [6.07, 6.45) is 3.04. The Labute approximate surface area is 162 Å². The maximum atomic E-state index is 12.5. The lowest BCUT2D eigenvalue weighted by Gasteiger charge is -2.06. The Kier molecular flexibility index (Phi) is 5.00. The van der Waals surface area contributed by atoms with Gasteiger partial charge < -0.3 is 5.11 Å². The van der Waals surface area contributed by atoms with Gasteiger partial charge in [0.1, 0.15) is 5.75 Å². The maximum absolute atomic E-state index is 12.5. The first kappa shape index (κ1) is 18.6. The third kappa shape index (κ3) is 3.31. The van der Waals surface area contributed by atoms with Crippen LogP contribution in [-0.2, 0) is 20.6 Å². The Bertz CT molecular complexity index is 1190. The number of aryl methyl sites for hydroxylation is 1. The van der Waals surface area contributed by atoms with Crippen molar-refractivity contribution in [1.82, 2.24) is 18.7 Å². The summed E-state index contributed by atoms with van der Waals surface area (Å²) >= 11 is 3.33. The number of halogens is 1. The van der Waals surface area contributed by atoms with Gasteiger partial charge in [0, 0.05) is 30.7 Å². The van der Waals surface area contributed by atoms with Crippen LogP contribution < -0.4 is 16.7 Å². The number of allylic oxidation sites excluding steroid dienone is 1. The van der Waals surface area contributed by atoms with Crippen molar-refractivity contribution >= 4 is 39.3 Å². The number of fused-ring (bicyclic) bond motifs is 1. The Morgan fingerprint density at radius 2 is 2.07 bits per heavy atom. The fourth-order valence-corrected chi connectivity index (χ4v) is 3.01. The molecule has 0 bridgehead atoms. The first-order valence-electron chi connectivity index (χ1n) is 7.90. The molecule has 0 spiro atoms. The number of hydrogen-bond donors (Lipinski definition) is 2. The number of benzene rings is 1. The zero-order chi connectivity index (χ0) is 19.7. The molecule has 2 aromatic heterocycles. The fourth-order valence-electron chi connectivity index (χ4n) is 2.63. The predicted octanol–water partition coefficient (Wildman–Crippen LogP) is 1.53. The van der Waals surface area contributed by atoms with Crippen molar-refractivity contribution < 1.29 is 5.11 Å². The molecule has 10 heteroatoms. The van der Waals surface area contributed by atoms with E-state index in [0.717, 1.165) is 9.04 Å². The number of hydrogen-bond acceptors (Lipinski definition) is 6. The van der Waals surface area contributed by atoms with Gasteiger partial charge in [0.05, 0.1) is 6.21 Å². The van der Waals surface area contributed by atoms with Crippen LogP contribution in [-0.4, -0.2) is 30.0 Å². The number of nitrogens with one attached hydrogen (secondary N) is 1. The zero-order valence-corrected chi connectivity index (χ0v) is 16.3. The normalized spacial score (nSPS) is 11.4. The smallest absolute Gasteiger partial charge is 0.332 e. The van der Waals surface area contributed by atoms with Gasteiger partial charge in [-0.2, -0.15) is 10.1 Å². The van der Waals surface area contributed by atoms with Crippen LogP contribution in [0, 0.1) is 0 Å². The first-order valence-corrected chi connectivity index (χ1v) is 8.69. The monoisotopic (exact) mass is 432 g/mol. The van der Waals surface area contributed by atoms with Crippen LogP contribution in [0.4, 0.5) is 5.95 Å². The minimum atomic E-state index is -0.468. The fraction of sp³-hybridized carbons (Fsp3) is 0.176. The van der Waals surface area contributed by atoms with Crippen LogP contribution >= 0.6 is 15.9 Å². The van der Waals surface area contributed by atoms with Crippen molar-refractivity contribution in [3.05, 3.63) is 61.7 Å². The van der Waals surface area contributed by atoms with E-state index >= 15 is 0 Å². The number of hydrazone groups is 1. The van der Waals surface area contributed by atoms with Crippen LogP contribution in [0.25, 0.3) is 11.2 Å². The summed E-state index contributed by atoms with van der Waals surface area (Å²) < 4.78 is 4.70. The van der Waals surface area contributed by atoms with Crippen LogP contribution in [0.5, 0.6) is 5.75 Å². The van der Waals surface area contributed by atoms with Crippen LogP contribution in [0.15, 0.2) is 50.0 Å². The lowest BCUT2D eigenvalue weighted by molar-refractivity contribution is 0.474. The van der Waals surface area contributed by atoms with E-state index in [9.17, 15) is 14.7 Å². The first-order chi connectivity index (χ1) is 12.8. The van der Waals surface area contributed by atoms with E-state index in [1.807, 2.05) is 0 Å². The molecule has 0 fully saturated rings. The maximum Gasteiger partial charge on any atom is 0.332 e. The molecule has 0 unspecified atom stereocenters. The molecule has 27 heavy (non-hydrogen) atoms. The summed E-state index contributed by atoms with van der Waals surface area (Å²) in [6.45, 7) is 3.99. The topological polar surface area (TPSA) is 106 Å². The molecule has 2 heterocycles. The summed E-state index contributed by atoms with van der Waals surface area (Å²) in [6, 6.07) is 4.95. The Morgan fingerprint density at radius 3 is 2.78 bits per heavy atom. The SMILES string of the molecule is C=CCn1c(N/N=C\c2cc(Br)ccc2O)nc2c1c(=O)n(C)c(=O)n2C. The second-order valence-electron chi connectivity index (χ2n) is 5.79. The highest BCUT2D eigenvalue weighted by molar-refractivity contribution is 9.10. The average Bonchev–Trinajstić information content (AvgIpc) is 3.00. The number of anilines is 1. The Hall–Kier alpha value is -3.14. The molecule has 0 aliphatic carbocycles. The second-order valence-corrected chi connectivity index (χ2v) is 6.70. The molecule has 140 valence electrons. The van der Waals surface area contributed by atoms with Crippen LogP contribution in [0.3, 0.4) is 0 Å². The van der Waals surface area contributed by atoms with Gasteiger partial charge >= 0.3 is 5.69 Å². The standard InChI is InChI=1S/C17H17BrN6O3/c1-4-7-24-13-14(22(2)17(27)23(3)15(13)26)20-16(24)21-19-9-10-8-11(18)5-6-12(10)25/h4-6,8-9,25H,1,7H2,2-3H3,(H,20,21)/b19-9-. The molecule has 0 atom stereocenters. The summed E-state index contributed by atoms with van der Waals surface area (Å²) in [7, 11) is 2.96. The highest BCUT2D eigenvalue weighted by Gasteiger charge is 2.18. The predicted molar refractivity (Wildman–Crippen MR) is 107 cm³/mol. The third-order valence-electron chi connectivity index (χ3n) is 4.02. The Morgan fingerprint density at radius 1 is 1.33 bits per heavy atom. The quantitative estimate of drug-likeness (QED) is 0.361. The molecule has 0 saturated heterocycles. The lowest BCUT2D eigenvalue weighted by atomic mass is 10.2. The van der Waals surface area contributed by atoms with E-state index in [-0.39, 0.29) is 22.9 Å². The molecule has 2 N–H and O–H groups in total. The van der Waals surface area contributed by atoms with Crippen molar-refractivity contribution in [1.29, 1.82) is 0 Å². The number of phenols is 1. The van der Waals surface area contributed by atoms with E-state index in [4.69, 9.17) is 0 Å². The highest BCUT2D eigenvalue weighted by atomic mass is 79.9. The number of aromatic nitrogens is 4. The van der Waals surface area contributed by atoms with Crippen molar-refractivity contribution in [2.24, 2.45) is 19.2 Å². The molecular formula is C17H17BrN6O3. The summed E-state index contributed by atoms with van der Waals surface area (Å²) in [5.41, 5.74) is 2.84. The summed E-state index contributed by atoms with van der Waals surface area (Å²) in [5, 5.41) is 13.9. The molecule has 0 saturated carbocycles. The van der Waals surface area contributed by atoms with Crippen molar-refractivity contribution in [2.45, 2.75) is 6.54 Å². The van der Waals surface area contributed by atoms with Gasteiger partial charge in [-0.05, 0) is 18.2 Å². The number of phenolic OH excluding ortho intramolecular Hbond substituents is 1. The minimum absolute atomic E-state index is 0.0691. The van der Waals surface area contributed by atoms with Gasteiger partial charge in [-0.25, -0.2) is 10.2 Å². The molecule has 1 aromatic carbocycles. The van der Waals surface area contributed by atoms with E-state index in [1.54, 1.807) is 29.8 Å². The van der Waals surface area contributed by atoms with Gasteiger partial charge in [-0.15, -0.1) is 6.58 Å². The molecule has 3 aromatic rings. The Balaban J connectivity index is 2.09. The van der Waals surface area contributed by atoms with Crippen molar-refractivity contribution in [3.8, 4) is 5.75 Å². The number of aromatic hydroxyl groups is 1. The second kappa shape index (κ2) is 7.23. The number of rotatable bonds is 5. The number of nitrogens with zero attached hydrogens (tertiary/aromatic N) is 5. The highest BCUT2D eigenvalue weighted by Crippen LogP contribution is 2.20. The molecule has 0 amide bonds. The molecule has 9 nitrogen and oxygen atoms in total. The molecule has 0 aliphatic rings. The molecular weight excluding hydrogens is 416 g/mol. The number of imidazole rings is 1. The zero-order valence-electron chi connectivity index (χ0n) is 14.7. The van der Waals surface area contributed by atoms with Crippen LogP contribution in [0.1, 0.15) is 5.56 Å². The summed E-state index contributed by atoms with van der Waals surface area (Å²) in [4.78, 5) is 29.0. The van der Waals surface area contributed by atoms with Crippen molar-refractivity contribution in [3.63, 3.8) is 0 Å². The van der Waals surface area contributed by atoms with Crippen LogP contribution in [0.2, 0.25) is 0 Å². The largest absolute Gasteiger partial charge is 0.507 e. The van der Waals surface area contributed by atoms with E-state index in [2.05, 4.69) is 38.0 Å². The lowest BCUT2D eigenvalue weighted by Crippen LogP contribution is -2.37. The van der Waals surface area contributed by atoms with Gasteiger partial charge in [0.25, 0.3) is 5.56 Å². The van der Waals surface area contributed by atoms with Gasteiger partial charge in [-0.3, -0.25) is 18.5 Å². The van der Waals surface area contributed by atoms with Crippen molar-refractivity contribution in [2.75, 3.05) is 5.43 Å². The molecule has 0 aliphatic heterocycles. The van der Waals surface area contributed by atoms with E-state index < -0.39 is 11.2 Å². The van der Waals surface area contributed by atoms with E-state index in [0.29, 0.717) is 12.1 Å². The van der Waals surface area contributed by atoms with E-state index in [1.165, 1.54) is 23.9 Å². The molecule has 0 radical (unpaired) electrons. The average molecular weight is 433 g/mol. The van der Waals surface area contributed by atoms with Gasteiger partial charge in [-0.1, -0.05) is 22.0 Å². The third-order valence-corrected chi connectivity index (χ3v) is 4.51. The molecule has 3 rings (SSSR count). The minimum Gasteiger partial charge on any atom is -0.507 e.